The molecule has 162 valence electrons. The van der Waals surface area contributed by atoms with Gasteiger partial charge < -0.3 is 0 Å². The van der Waals surface area contributed by atoms with Crippen LogP contribution in [-0.4, -0.2) is 52.5 Å². The third-order valence-corrected chi connectivity index (χ3v) is 6.90. The van der Waals surface area contributed by atoms with E-state index in [1.54, 1.807) is 18.3 Å². The molecule has 1 aliphatic heterocycles. The lowest BCUT2D eigenvalue weighted by molar-refractivity contribution is 0.0278. The molecule has 0 spiro atoms. The van der Waals surface area contributed by atoms with Crippen molar-refractivity contribution in [3.63, 3.8) is 0 Å². The van der Waals surface area contributed by atoms with Crippen LogP contribution in [0.25, 0.3) is 0 Å². The van der Waals surface area contributed by atoms with Crippen LogP contribution in [0.5, 0.6) is 0 Å². The average molecular weight is 426 g/mol. The van der Waals surface area contributed by atoms with Crippen molar-refractivity contribution in [2.45, 2.75) is 25.9 Å². The maximum absolute atomic E-state index is 13.8. The quantitative estimate of drug-likeness (QED) is 0.596. The molecule has 5 rings (SSSR count). The van der Waals surface area contributed by atoms with E-state index in [4.69, 9.17) is 0 Å². The van der Waals surface area contributed by atoms with Gasteiger partial charge in [-0.25, -0.2) is 0 Å². The van der Waals surface area contributed by atoms with Gasteiger partial charge in [0.25, 0.3) is 0 Å². The Bertz CT molecular complexity index is 1140. The Labute approximate surface area is 188 Å². The zero-order chi connectivity index (χ0) is 22.3. The van der Waals surface area contributed by atoms with Crippen LogP contribution in [-0.2, 0) is 12.1 Å². The lowest BCUT2D eigenvalue weighted by Crippen LogP contribution is -2.60. The van der Waals surface area contributed by atoms with Gasteiger partial charge >= 0.3 is 0 Å². The van der Waals surface area contributed by atoms with E-state index in [2.05, 4.69) is 46.0 Å². The van der Waals surface area contributed by atoms with Crippen LogP contribution in [0.3, 0.4) is 0 Å². The van der Waals surface area contributed by atoms with Gasteiger partial charge in [-0.1, -0.05) is 54.6 Å². The zero-order valence-electron chi connectivity index (χ0n) is 18.5. The van der Waals surface area contributed by atoms with E-state index in [-0.39, 0.29) is 11.6 Å². The van der Waals surface area contributed by atoms with Gasteiger partial charge in [-0.2, -0.15) is 0 Å². The van der Waals surface area contributed by atoms with Gasteiger partial charge in [0.1, 0.15) is 0 Å². The summed E-state index contributed by atoms with van der Waals surface area (Å²) in [4.78, 5) is 36.6. The standard InChI is InChI=1S/C27H27N3O2/c1-19-7-3-4-8-21(19)18-29-13-15-30(16-14-29)27(22-12-11-20(2)28-17-22)25(31)23-9-5-6-10-24(23)26(27)32/h3-12,17H,13-16,18H2,1-2H3. The third kappa shape index (κ3) is 3.20. The molecule has 1 saturated heterocycles. The molecule has 2 aromatic carbocycles. The summed E-state index contributed by atoms with van der Waals surface area (Å²) < 4.78 is 0. The molecule has 0 unspecified atom stereocenters. The summed E-state index contributed by atoms with van der Waals surface area (Å²) in [6.07, 6.45) is 1.71. The Hall–Kier alpha value is -3.15. The molecule has 5 heteroatoms. The second-order valence-electron chi connectivity index (χ2n) is 8.79. The highest BCUT2D eigenvalue weighted by atomic mass is 16.2. The number of aryl methyl sites for hydroxylation is 2. The van der Waals surface area contributed by atoms with Crippen molar-refractivity contribution < 1.29 is 9.59 Å². The first-order chi connectivity index (χ1) is 15.5. The van der Waals surface area contributed by atoms with E-state index < -0.39 is 5.54 Å². The molecule has 0 amide bonds. The lowest BCUT2D eigenvalue weighted by atomic mass is 9.83. The van der Waals surface area contributed by atoms with Crippen LogP contribution in [0.15, 0.2) is 66.9 Å². The number of hydrogen-bond acceptors (Lipinski definition) is 5. The first kappa shape index (κ1) is 20.7. The molecule has 5 nitrogen and oxygen atoms in total. The number of aromatic nitrogens is 1. The first-order valence-electron chi connectivity index (χ1n) is 11.2. The van der Waals surface area contributed by atoms with Gasteiger partial charge in [0.2, 0.25) is 0 Å². The Morgan fingerprint density at radius 1 is 0.812 bits per heavy atom. The van der Waals surface area contributed by atoms with Crippen LogP contribution in [0.2, 0.25) is 0 Å². The average Bonchev–Trinajstić information content (AvgIpc) is 3.04. The molecule has 0 N–H and O–H groups in total. The molecule has 1 fully saturated rings. The Kier molecular flexibility index (Phi) is 5.24. The molecule has 1 aromatic heterocycles. The lowest BCUT2D eigenvalue weighted by Gasteiger charge is -2.44. The minimum absolute atomic E-state index is 0.129. The fourth-order valence-corrected chi connectivity index (χ4v) is 5.06. The highest BCUT2D eigenvalue weighted by molar-refractivity contribution is 6.32. The smallest absolute Gasteiger partial charge is 0.196 e. The zero-order valence-corrected chi connectivity index (χ0v) is 18.5. The fraction of sp³-hybridized carbons (Fsp3) is 0.296. The molecule has 0 bridgehead atoms. The fourth-order valence-electron chi connectivity index (χ4n) is 5.06. The van der Waals surface area contributed by atoms with Gasteiger partial charge in [0.05, 0.1) is 0 Å². The predicted molar refractivity (Wildman–Crippen MR) is 124 cm³/mol. The van der Waals surface area contributed by atoms with Gasteiger partial charge in [0.15, 0.2) is 17.1 Å². The summed E-state index contributed by atoms with van der Waals surface area (Å²) in [7, 11) is 0. The SMILES string of the molecule is Cc1ccc(C2(N3CCN(Cc4ccccc4C)CC3)C(=O)c3ccccc3C2=O)cn1. The van der Waals surface area contributed by atoms with Crippen LogP contribution in [0.1, 0.15) is 43.1 Å². The molecule has 0 radical (unpaired) electrons. The first-order valence-corrected chi connectivity index (χ1v) is 11.2. The maximum Gasteiger partial charge on any atom is 0.196 e. The van der Waals surface area contributed by atoms with E-state index in [9.17, 15) is 9.59 Å². The van der Waals surface area contributed by atoms with Gasteiger partial charge in [0, 0.05) is 61.3 Å². The molecular weight excluding hydrogens is 398 g/mol. The number of carbonyl (C=O) groups is 2. The minimum Gasteiger partial charge on any atom is -0.297 e. The highest BCUT2D eigenvalue weighted by Gasteiger charge is 2.58. The summed E-state index contributed by atoms with van der Waals surface area (Å²) >= 11 is 0. The molecule has 2 aliphatic rings. The Morgan fingerprint density at radius 3 is 2.03 bits per heavy atom. The second kappa shape index (κ2) is 8.08. The van der Waals surface area contributed by atoms with Crippen molar-refractivity contribution in [2.24, 2.45) is 0 Å². The number of rotatable bonds is 4. The van der Waals surface area contributed by atoms with Crippen molar-refractivity contribution in [3.05, 3.63) is 100 Å². The second-order valence-corrected chi connectivity index (χ2v) is 8.79. The molecule has 32 heavy (non-hydrogen) atoms. The van der Waals surface area contributed by atoms with Crippen LogP contribution in [0, 0.1) is 13.8 Å². The summed E-state index contributed by atoms with van der Waals surface area (Å²) in [6, 6.07) is 19.4. The van der Waals surface area contributed by atoms with E-state index in [0.29, 0.717) is 29.8 Å². The van der Waals surface area contributed by atoms with Crippen molar-refractivity contribution >= 4 is 11.6 Å². The van der Waals surface area contributed by atoms with Crippen LogP contribution in [0.4, 0.5) is 0 Å². The van der Waals surface area contributed by atoms with Crippen LogP contribution < -0.4 is 0 Å². The van der Waals surface area contributed by atoms with Crippen LogP contribution >= 0.6 is 0 Å². The van der Waals surface area contributed by atoms with Crippen molar-refractivity contribution in [2.75, 3.05) is 26.2 Å². The highest BCUT2D eigenvalue weighted by Crippen LogP contribution is 2.42. The third-order valence-electron chi connectivity index (χ3n) is 6.90. The molecule has 0 atom stereocenters. The topological polar surface area (TPSA) is 53.5 Å². The number of pyridine rings is 1. The van der Waals surface area contributed by atoms with Crippen molar-refractivity contribution in [1.82, 2.24) is 14.8 Å². The maximum atomic E-state index is 13.8. The minimum atomic E-state index is -1.32. The van der Waals surface area contributed by atoms with E-state index in [1.807, 2.05) is 31.2 Å². The number of ketones is 2. The molecule has 1 aliphatic carbocycles. The number of Topliss-reactive ketones (excluding diaryl/α,β-unsaturated/α-hetero) is 2. The van der Waals surface area contributed by atoms with Crippen molar-refractivity contribution in [3.8, 4) is 0 Å². The summed E-state index contributed by atoms with van der Waals surface area (Å²) in [6.45, 7) is 7.81. The summed E-state index contributed by atoms with van der Waals surface area (Å²) in [5, 5.41) is 0. The summed E-state index contributed by atoms with van der Waals surface area (Å²) in [5.41, 5.74) is 3.84. The van der Waals surface area contributed by atoms with E-state index >= 15 is 0 Å². The van der Waals surface area contributed by atoms with Gasteiger partial charge in [-0.05, 0) is 31.0 Å². The van der Waals surface area contributed by atoms with Gasteiger partial charge in [-0.15, -0.1) is 0 Å². The number of nitrogens with zero attached hydrogens (tertiary/aromatic N) is 3. The largest absolute Gasteiger partial charge is 0.297 e. The van der Waals surface area contributed by atoms with Gasteiger partial charge in [-0.3, -0.25) is 24.4 Å². The van der Waals surface area contributed by atoms with E-state index in [1.165, 1.54) is 11.1 Å². The van der Waals surface area contributed by atoms with Crippen molar-refractivity contribution in [1.29, 1.82) is 0 Å². The number of carbonyl (C=O) groups excluding carboxylic acids is 2. The normalized spacial score (nSPS) is 18.7. The Morgan fingerprint density at radius 2 is 1.44 bits per heavy atom. The molecule has 2 heterocycles. The predicted octanol–water partition coefficient (Wildman–Crippen LogP) is 3.79. The Balaban J connectivity index is 1.47. The molecule has 3 aromatic rings. The number of fused-ring (bicyclic) bond motifs is 1. The number of hydrogen-bond donors (Lipinski definition) is 0. The molecular formula is C27H27N3O2. The monoisotopic (exact) mass is 425 g/mol. The molecule has 0 saturated carbocycles. The van der Waals surface area contributed by atoms with E-state index in [0.717, 1.165) is 25.3 Å². The number of benzene rings is 2. The number of piperazine rings is 1. The summed E-state index contributed by atoms with van der Waals surface area (Å²) in [5.74, 6) is -0.257.